The van der Waals surface area contributed by atoms with Crippen molar-refractivity contribution in [2.75, 3.05) is 5.73 Å². The smallest absolute Gasteiger partial charge is 0.292 e. The summed E-state index contributed by atoms with van der Waals surface area (Å²) in [6, 6.07) is 0.246. The fourth-order valence-electron chi connectivity index (χ4n) is 1.76. The molecule has 2 N–H and O–H groups in total. The van der Waals surface area contributed by atoms with Crippen LogP contribution >= 0.6 is 0 Å². The maximum atomic E-state index is 5.55. The first-order valence-electron chi connectivity index (χ1n) is 4.64. The van der Waals surface area contributed by atoms with Crippen LogP contribution in [0.3, 0.4) is 0 Å². The lowest BCUT2D eigenvalue weighted by atomic mass is 9.66. The average molecular weight is 181 g/mol. The molecule has 0 bridgehead atoms. The Morgan fingerprint density at radius 2 is 1.50 bits per heavy atom. The van der Waals surface area contributed by atoms with Gasteiger partial charge < -0.3 is 10.2 Å². The number of aromatic nitrogens is 1. The van der Waals surface area contributed by atoms with Gasteiger partial charge in [-0.05, 0) is 0 Å². The molecule has 0 fully saturated rings. The van der Waals surface area contributed by atoms with E-state index in [4.69, 9.17) is 10.2 Å². The van der Waals surface area contributed by atoms with E-state index in [-0.39, 0.29) is 6.01 Å². The van der Waals surface area contributed by atoms with E-state index in [1.807, 2.05) is 15.7 Å². The number of hydrogen-bond donors (Lipinski definition) is 1. The summed E-state index contributed by atoms with van der Waals surface area (Å²) >= 11 is 0. The summed E-state index contributed by atoms with van der Waals surface area (Å²) in [4.78, 5) is 4.19. The van der Waals surface area contributed by atoms with Crippen molar-refractivity contribution >= 4 is 70.4 Å². The molecule has 0 spiro atoms. The van der Waals surface area contributed by atoms with Crippen LogP contribution in [0.5, 0.6) is 0 Å². The molecule has 3 nitrogen and oxygen atoms in total. The van der Waals surface area contributed by atoms with Gasteiger partial charge in [-0.2, -0.15) is 4.98 Å². The third kappa shape index (κ3) is 1.08. The zero-order chi connectivity index (χ0) is 10.5. The molecule has 0 aliphatic carbocycles. The highest BCUT2D eigenvalue weighted by molar-refractivity contribution is 6.66. The van der Waals surface area contributed by atoms with Crippen molar-refractivity contribution in [1.29, 1.82) is 0 Å². The van der Waals surface area contributed by atoms with Gasteiger partial charge in [0, 0.05) is 0 Å². The Hall–Kier alpha value is -1.25. The maximum absolute atomic E-state index is 5.55. The Kier molecular flexibility index (Phi) is 1.91. The minimum atomic E-state index is 0.246. The molecule has 0 aliphatic rings. The lowest BCUT2D eigenvalue weighted by Gasteiger charge is -2.09. The van der Waals surface area contributed by atoms with Crippen LogP contribution in [-0.2, 0) is 0 Å². The molecule has 0 amide bonds. The highest BCUT2D eigenvalue weighted by Crippen LogP contribution is 2.09. The fraction of sp³-hybridized carbons (Fsp3) is 0. The fourth-order valence-corrected chi connectivity index (χ4v) is 1.76. The number of nitrogen functional groups attached to an aromatic ring is 1. The molecule has 0 unspecified atom stereocenters. The number of oxazole rings is 1. The Morgan fingerprint density at radius 1 is 0.929 bits per heavy atom. The molecule has 1 heterocycles. The maximum Gasteiger partial charge on any atom is 0.292 e. The van der Waals surface area contributed by atoms with E-state index in [1.165, 1.54) is 10.9 Å². The molecule has 1 aromatic heterocycles. The molecule has 0 atom stereocenters. The first-order chi connectivity index (χ1) is 6.52. The molecule has 0 radical (unpaired) electrons. The standard InChI is InChI=1S/C7H10B4N2O/c8-1-2(9)4(11)6-5(3(1)10)13-7(12)14-6/h8-11H2,(H2,12,13). The first kappa shape index (κ1) is 9.31. The van der Waals surface area contributed by atoms with E-state index in [1.54, 1.807) is 0 Å². The summed E-state index contributed by atoms with van der Waals surface area (Å²) in [5.74, 6) is 0. The SMILES string of the molecule is Bc1c(B)c(B)c2oc(N)nc2c1B. The van der Waals surface area contributed by atoms with Crippen LogP contribution < -0.4 is 27.6 Å². The van der Waals surface area contributed by atoms with E-state index in [0.717, 1.165) is 22.0 Å². The molecule has 0 saturated carbocycles. The van der Waals surface area contributed by atoms with Gasteiger partial charge in [-0.3, -0.25) is 0 Å². The Morgan fingerprint density at radius 3 is 2.14 bits per heavy atom. The van der Waals surface area contributed by atoms with Crippen molar-refractivity contribution in [3.63, 3.8) is 0 Å². The van der Waals surface area contributed by atoms with Gasteiger partial charge in [0.1, 0.15) is 42.5 Å². The molecule has 0 aliphatic heterocycles. The third-order valence-corrected chi connectivity index (χ3v) is 3.03. The van der Waals surface area contributed by atoms with E-state index < -0.39 is 0 Å². The largest absolute Gasteiger partial charge is 0.424 e. The van der Waals surface area contributed by atoms with Crippen LogP contribution in [0.1, 0.15) is 0 Å². The summed E-state index contributed by atoms with van der Waals surface area (Å²) in [6.45, 7) is 0. The summed E-state index contributed by atoms with van der Waals surface area (Å²) < 4.78 is 5.38. The van der Waals surface area contributed by atoms with Gasteiger partial charge in [-0.15, -0.1) is 0 Å². The second-order valence-electron chi connectivity index (χ2n) is 3.73. The minimum Gasteiger partial charge on any atom is -0.424 e. The summed E-state index contributed by atoms with van der Waals surface area (Å²) in [5, 5.41) is 0. The lowest BCUT2D eigenvalue weighted by molar-refractivity contribution is 0.628. The van der Waals surface area contributed by atoms with Gasteiger partial charge in [0.05, 0.1) is 0 Å². The Bertz CT molecular complexity index is 477. The molecule has 66 valence electrons. The normalized spacial score (nSPS) is 10.9. The molecular formula is C7H10B4N2O. The van der Waals surface area contributed by atoms with Gasteiger partial charge in [0.15, 0.2) is 0 Å². The predicted molar refractivity (Wildman–Crippen MR) is 71.1 cm³/mol. The second-order valence-corrected chi connectivity index (χ2v) is 3.73. The van der Waals surface area contributed by atoms with Crippen molar-refractivity contribution in [3.05, 3.63) is 0 Å². The molecule has 0 saturated heterocycles. The van der Waals surface area contributed by atoms with Gasteiger partial charge >= 0.3 is 0 Å². The quantitative estimate of drug-likeness (QED) is 0.413. The van der Waals surface area contributed by atoms with E-state index in [2.05, 4.69) is 20.7 Å². The Labute approximate surface area is 86.1 Å². The topological polar surface area (TPSA) is 52.0 Å². The highest BCUT2D eigenvalue weighted by atomic mass is 16.4. The predicted octanol–water partition coefficient (Wildman–Crippen LogP) is -5.56. The minimum absolute atomic E-state index is 0.246. The highest BCUT2D eigenvalue weighted by Gasteiger charge is 2.13. The third-order valence-electron chi connectivity index (χ3n) is 3.03. The molecule has 1 aromatic carbocycles. The van der Waals surface area contributed by atoms with Gasteiger partial charge in [0.25, 0.3) is 6.01 Å². The van der Waals surface area contributed by atoms with Crippen molar-refractivity contribution in [2.24, 2.45) is 0 Å². The lowest BCUT2D eigenvalue weighted by Crippen LogP contribution is -2.47. The molecule has 2 rings (SSSR count). The van der Waals surface area contributed by atoms with E-state index in [9.17, 15) is 0 Å². The molecule has 2 aromatic rings. The summed E-state index contributed by atoms with van der Waals surface area (Å²) in [5.41, 5.74) is 12.1. The monoisotopic (exact) mass is 182 g/mol. The van der Waals surface area contributed by atoms with E-state index >= 15 is 0 Å². The molecule has 7 heteroatoms. The van der Waals surface area contributed by atoms with Crippen molar-refractivity contribution in [2.45, 2.75) is 0 Å². The molecular weight excluding hydrogens is 171 g/mol. The average Bonchev–Trinajstić information content (AvgIpc) is 2.54. The zero-order valence-electron chi connectivity index (χ0n) is 8.93. The number of anilines is 1. The Balaban J connectivity index is 3.01. The summed E-state index contributed by atoms with van der Waals surface area (Å²) in [6.07, 6.45) is 0. The van der Waals surface area contributed by atoms with Crippen LogP contribution in [0.25, 0.3) is 11.1 Å². The number of rotatable bonds is 0. The number of benzene rings is 1. The number of hydrogen-bond acceptors (Lipinski definition) is 3. The number of nitrogens with zero attached hydrogens (tertiary/aromatic N) is 1. The zero-order valence-corrected chi connectivity index (χ0v) is 8.93. The first-order valence-corrected chi connectivity index (χ1v) is 4.64. The summed E-state index contributed by atoms with van der Waals surface area (Å²) in [7, 11) is 8.28. The van der Waals surface area contributed by atoms with Crippen LogP contribution in [0.2, 0.25) is 0 Å². The van der Waals surface area contributed by atoms with Crippen LogP contribution in [0.4, 0.5) is 6.01 Å². The van der Waals surface area contributed by atoms with Gasteiger partial charge in [0.2, 0.25) is 0 Å². The van der Waals surface area contributed by atoms with E-state index in [0.29, 0.717) is 0 Å². The number of nitrogens with two attached hydrogens (primary N) is 1. The van der Waals surface area contributed by atoms with Gasteiger partial charge in [-0.1, -0.05) is 21.9 Å². The number of fused-ring (bicyclic) bond motifs is 1. The molecule has 14 heavy (non-hydrogen) atoms. The van der Waals surface area contributed by atoms with Crippen molar-refractivity contribution < 1.29 is 4.42 Å². The van der Waals surface area contributed by atoms with Gasteiger partial charge in [-0.25, -0.2) is 0 Å². The van der Waals surface area contributed by atoms with Crippen LogP contribution in [0.15, 0.2) is 4.42 Å². The second kappa shape index (κ2) is 2.87. The van der Waals surface area contributed by atoms with Crippen molar-refractivity contribution in [1.82, 2.24) is 4.98 Å². The van der Waals surface area contributed by atoms with Crippen LogP contribution in [-0.4, -0.2) is 36.4 Å². The van der Waals surface area contributed by atoms with Crippen LogP contribution in [0, 0.1) is 0 Å². The van der Waals surface area contributed by atoms with Crippen molar-refractivity contribution in [3.8, 4) is 0 Å².